The standard InChI is InChI=1S/C14H16N2OS/c1-8-4-5-11(6-9(8)2)14-13(17)12(7-18-14)10(3)16-15/h4-7,10,15,17H,1-3H3. The summed E-state index contributed by atoms with van der Waals surface area (Å²) in [4.78, 5) is 0.851. The first-order valence-electron chi connectivity index (χ1n) is 5.79. The predicted molar refractivity (Wildman–Crippen MR) is 74.5 cm³/mol. The van der Waals surface area contributed by atoms with Gasteiger partial charge in [0.25, 0.3) is 0 Å². The third-order valence-electron chi connectivity index (χ3n) is 3.21. The van der Waals surface area contributed by atoms with Crippen molar-refractivity contribution in [2.75, 3.05) is 0 Å². The zero-order chi connectivity index (χ0) is 13.3. The highest BCUT2D eigenvalue weighted by Crippen LogP contribution is 2.42. The molecule has 2 rings (SSSR count). The van der Waals surface area contributed by atoms with Crippen LogP contribution in [0.5, 0.6) is 5.75 Å². The van der Waals surface area contributed by atoms with E-state index >= 15 is 0 Å². The predicted octanol–water partition coefficient (Wildman–Crippen LogP) is 4.83. The first kappa shape index (κ1) is 12.8. The quantitative estimate of drug-likeness (QED) is 0.763. The maximum absolute atomic E-state index is 10.2. The van der Waals surface area contributed by atoms with Gasteiger partial charge in [-0.2, -0.15) is 5.11 Å². The van der Waals surface area contributed by atoms with Crippen LogP contribution in [0.25, 0.3) is 10.4 Å². The summed E-state index contributed by atoms with van der Waals surface area (Å²) in [5.41, 5.74) is 11.2. The molecule has 0 aliphatic heterocycles. The second-order valence-corrected chi connectivity index (χ2v) is 5.35. The molecule has 0 spiro atoms. The van der Waals surface area contributed by atoms with Crippen molar-refractivity contribution < 1.29 is 5.11 Å². The van der Waals surface area contributed by atoms with Crippen LogP contribution < -0.4 is 0 Å². The first-order valence-corrected chi connectivity index (χ1v) is 6.67. The number of nitrogens with zero attached hydrogens (tertiary/aromatic N) is 1. The molecule has 0 aliphatic carbocycles. The molecule has 94 valence electrons. The summed E-state index contributed by atoms with van der Waals surface area (Å²) in [5, 5.41) is 15.5. The molecule has 0 fully saturated rings. The summed E-state index contributed by atoms with van der Waals surface area (Å²) >= 11 is 1.49. The molecule has 1 heterocycles. The van der Waals surface area contributed by atoms with Crippen LogP contribution in [-0.2, 0) is 0 Å². The highest BCUT2D eigenvalue weighted by molar-refractivity contribution is 7.14. The van der Waals surface area contributed by atoms with Gasteiger partial charge in [0.15, 0.2) is 0 Å². The van der Waals surface area contributed by atoms with E-state index < -0.39 is 0 Å². The van der Waals surface area contributed by atoms with Crippen molar-refractivity contribution in [3.63, 3.8) is 0 Å². The van der Waals surface area contributed by atoms with E-state index in [-0.39, 0.29) is 11.8 Å². The molecule has 2 aromatic rings. The molecule has 0 saturated heterocycles. The Morgan fingerprint density at radius 2 is 2.00 bits per heavy atom. The van der Waals surface area contributed by atoms with Crippen molar-refractivity contribution in [2.24, 2.45) is 5.11 Å². The lowest BCUT2D eigenvalue weighted by Crippen LogP contribution is -1.86. The van der Waals surface area contributed by atoms with E-state index in [0.717, 1.165) is 16.0 Å². The zero-order valence-electron chi connectivity index (χ0n) is 10.7. The molecule has 1 aromatic heterocycles. The monoisotopic (exact) mass is 260 g/mol. The fourth-order valence-electron chi connectivity index (χ4n) is 1.82. The second-order valence-electron chi connectivity index (χ2n) is 4.47. The Morgan fingerprint density at radius 1 is 1.28 bits per heavy atom. The summed E-state index contributed by atoms with van der Waals surface area (Å²) < 4.78 is 0. The van der Waals surface area contributed by atoms with Gasteiger partial charge in [-0.25, -0.2) is 5.53 Å². The highest BCUT2D eigenvalue weighted by atomic mass is 32.1. The van der Waals surface area contributed by atoms with Gasteiger partial charge >= 0.3 is 0 Å². The first-order chi connectivity index (χ1) is 8.54. The average molecular weight is 260 g/mol. The third-order valence-corrected chi connectivity index (χ3v) is 4.24. The van der Waals surface area contributed by atoms with Gasteiger partial charge in [0, 0.05) is 10.9 Å². The summed E-state index contributed by atoms with van der Waals surface area (Å²) in [6.07, 6.45) is 0. The molecule has 0 amide bonds. The molecule has 18 heavy (non-hydrogen) atoms. The van der Waals surface area contributed by atoms with E-state index in [2.05, 4.69) is 31.1 Å². The molecule has 3 nitrogen and oxygen atoms in total. The molecular formula is C14H16N2OS. The fraction of sp³-hybridized carbons (Fsp3) is 0.286. The summed E-state index contributed by atoms with van der Waals surface area (Å²) in [6.45, 7) is 5.94. The number of aryl methyl sites for hydroxylation is 2. The Labute approximate surface area is 111 Å². The molecule has 4 heteroatoms. The van der Waals surface area contributed by atoms with E-state index in [4.69, 9.17) is 5.53 Å². The minimum Gasteiger partial charge on any atom is -0.506 e. The highest BCUT2D eigenvalue weighted by Gasteiger charge is 2.17. The van der Waals surface area contributed by atoms with Crippen molar-refractivity contribution in [3.05, 3.63) is 40.3 Å². The number of rotatable bonds is 3. The Morgan fingerprint density at radius 3 is 2.61 bits per heavy atom. The maximum atomic E-state index is 10.2. The Bertz CT molecular complexity index is 589. The van der Waals surface area contributed by atoms with Gasteiger partial charge in [-0.3, -0.25) is 0 Å². The van der Waals surface area contributed by atoms with Crippen molar-refractivity contribution >= 4 is 11.3 Å². The van der Waals surface area contributed by atoms with Crippen molar-refractivity contribution in [1.29, 1.82) is 5.53 Å². The van der Waals surface area contributed by atoms with Crippen molar-refractivity contribution in [2.45, 2.75) is 26.8 Å². The molecule has 0 saturated carbocycles. The van der Waals surface area contributed by atoms with Crippen molar-refractivity contribution in [3.8, 4) is 16.2 Å². The molecule has 0 aliphatic rings. The minimum absolute atomic E-state index is 0.256. The largest absolute Gasteiger partial charge is 0.506 e. The van der Waals surface area contributed by atoms with Gasteiger partial charge in [-0.05, 0) is 37.5 Å². The molecule has 1 atom stereocenters. The Balaban J connectivity index is 2.48. The van der Waals surface area contributed by atoms with Crippen LogP contribution in [0.1, 0.15) is 29.7 Å². The van der Waals surface area contributed by atoms with Crippen LogP contribution >= 0.6 is 11.3 Å². The third kappa shape index (κ3) is 2.16. The second kappa shape index (κ2) is 4.90. The van der Waals surface area contributed by atoms with Crippen molar-refractivity contribution in [1.82, 2.24) is 0 Å². The number of hydrogen-bond acceptors (Lipinski definition) is 4. The normalized spacial score (nSPS) is 12.4. The van der Waals surface area contributed by atoms with E-state index in [1.54, 1.807) is 6.92 Å². The van der Waals surface area contributed by atoms with Gasteiger partial charge < -0.3 is 5.11 Å². The van der Waals surface area contributed by atoms with Crippen LogP contribution in [0.2, 0.25) is 0 Å². The van der Waals surface area contributed by atoms with Crippen LogP contribution in [-0.4, -0.2) is 5.11 Å². The fourth-order valence-corrected chi connectivity index (χ4v) is 2.86. The Kier molecular flexibility index (Phi) is 3.48. The Hall–Kier alpha value is -1.68. The summed E-state index contributed by atoms with van der Waals surface area (Å²) in [5.74, 6) is 0.256. The van der Waals surface area contributed by atoms with Crippen LogP contribution in [0.3, 0.4) is 0 Å². The van der Waals surface area contributed by atoms with E-state index in [0.29, 0.717) is 0 Å². The number of aromatic hydroxyl groups is 1. The van der Waals surface area contributed by atoms with Gasteiger partial charge in [-0.1, -0.05) is 18.2 Å². The van der Waals surface area contributed by atoms with Gasteiger partial charge in [0.2, 0.25) is 0 Å². The summed E-state index contributed by atoms with van der Waals surface area (Å²) in [6, 6.07) is 5.86. The summed E-state index contributed by atoms with van der Waals surface area (Å²) in [7, 11) is 0. The lowest BCUT2D eigenvalue weighted by Gasteiger charge is -2.06. The topological polar surface area (TPSA) is 56.4 Å². The lowest BCUT2D eigenvalue weighted by molar-refractivity contribution is 0.467. The van der Waals surface area contributed by atoms with Gasteiger partial charge in [-0.15, -0.1) is 11.3 Å². The van der Waals surface area contributed by atoms with Crippen LogP contribution in [0, 0.1) is 19.4 Å². The SMILES string of the molecule is Cc1ccc(-c2scc(C(C)N=N)c2O)cc1C. The molecule has 0 bridgehead atoms. The van der Waals surface area contributed by atoms with Gasteiger partial charge in [0.1, 0.15) is 5.75 Å². The lowest BCUT2D eigenvalue weighted by atomic mass is 10.0. The molecule has 2 N–H and O–H groups in total. The van der Waals surface area contributed by atoms with E-state index in [9.17, 15) is 5.11 Å². The molecule has 1 unspecified atom stereocenters. The maximum Gasteiger partial charge on any atom is 0.139 e. The van der Waals surface area contributed by atoms with Crippen LogP contribution in [0.4, 0.5) is 0 Å². The van der Waals surface area contributed by atoms with E-state index in [1.807, 2.05) is 11.4 Å². The number of thiophene rings is 1. The van der Waals surface area contributed by atoms with Gasteiger partial charge in [0.05, 0.1) is 10.9 Å². The number of nitrogens with one attached hydrogen (secondary N) is 1. The average Bonchev–Trinajstić information content (AvgIpc) is 2.74. The smallest absolute Gasteiger partial charge is 0.139 e. The van der Waals surface area contributed by atoms with E-state index in [1.165, 1.54) is 22.5 Å². The molecule has 1 aromatic carbocycles. The minimum atomic E-state index is -0.290. The number of benzene rings is 1. The molecule has 0 radical (unpaired) electrons. The number of hydrogen-bond donors (Lipinski definition) is 2. The van der Waals surface area contributed by atoms with Crippen LogP contribution in [0.15, 0.2) is 28.7 Å². The zero-order valence-corrected chi connectivity index (χ0v) is 11.5. The molecular weight excluding hydrogens is 244 g/mol.